The van der Waals surface area contributed by atoms with Gasteiger partial charge in [0.1, 0.15) is 31.3 Å². The molecule has 3 fully saturated rings. The van der Waals surface area contributed by atoms with Crippen molar-refractivity contribution in [2.45, 2.75) is 75.4 Å². The third kappa shape index (κ3) is 26.2. The van der Waals surface area contributed by atoms with Crippen LogP contribution in [0.25, 0.3) is 10.9 Å². The average Bonchev–Trinajstić information content (AvgIpc) is 0.920. The van der Waals surface area contributed by atoms with E-state index in [0.717, 1.165) is 27.6 Å². The van der Waals surface area contributed by atoms with Crippen molar-refractivity contribution in [3.8, 4) is 18.1 Å². The first-order chi connectivity index (χ1) is 45.3. The quantitative estimate of drug-likeness (QED) is 0.0133. The summed E-state index contributed by atoms with van der Waals surface area (Å²) in [6.45, 7) is 3.38. The first-order valence-electron chi connectivity index (χ1n) is 31.2. The highest BCUT2D eigenvalue weighted by atomic mass is 127. The number of piperazine rings is 1. The topological polar surface area (TPSA) is 321 Å². The maximum absolute atomic E-state index is 14.4. The molecule has 1 aromatic heterocycles. The van der Waals surface area contributed by atoms with E-state index in [1.54, 1.807) is 32.9 Å². The van der Waals surface area contributed by atoms with E-state index >= 15 is 0 Å². The number of carbonyl (C=O) groups excluding carboxylic acids is 9. The number of terminal acetylenes is 1. The number of benzene rings is 2. The van der Waals surface area contributed by atoms with Crippen LogP contribution >= 0.6 is 22.6 Å². The number of hydrogen-bond acceptors (Lipinski definition) is 21. The molecule has 3 aliphatic rings. The molecule has 0 spiro atoms. The number of pyridine rings is 1. The minimum absolute atomic E-state index is 0.0475. The summed E-state index contributed by atoms with van der Waals surface area (Å²) in [5, 5.41) is 21.1. The van der Waals surface area contributed by atoms with Gasteiger partial charge >= 0.3 is 11.9 Å². The highest BCUT2D eigenvalue weighted by Gasteiger charge is 2.46. The predicted molar refractivity (Wildman–Crippen MR) is 344 cm³/mol. The lowest BCUT2D eigenvalue weighted by Gasteiger charge is -2.36. The van der Waals surface area contributed by atoms with Gasteiger partial charge in [0.25, 0.3) is 24.8 Å². The van der Waals surface area contributed by atoms with E-state index in [1.165, 1.54) is 12.3 Å². The molecule has 28 nitrogen and oxygen atoms in total. The summed E-state index contributed by atoms with van der Waals surface area (Å²) < 4.78 is 56.1. The van der Waals surface area contributed by atoms with Crippen molar-refractivity contribution in [3.05, 3.63) is 69.4 Å². The number of likely N-dealkylation sites (tertiary alicyclic amines) is 1. The highest BCUT2D eigenvalue weighted by molar-refractivity contribution is 14.1. The molecule has 2 aromatic carbocycles. The number of amides is 6. The first kappa shape index (κ1) is 75.3. The monoisotopic (exact) mass is 1430 g/mol. The van der Waals surface area contributed by atoms with Gasteiger partial charge in [0.05, 0.1) is 70.0 Å². The summed E-state index contributed by atoms with van der Waals surface area (Å²) in [5.41, 5.74) is 1.81. The zero-order valence-corrected chi connectivity index (χ0v) is 55.0. The van der Waals surface area contributed by atoms with Crippen LogP contribution < -0.4 is 26.0 Å². The number of fused-ring (bicyclic) bond motifs is 1. The summed E-state index contributed by atoms with van der Waals surface area (Å²) in [7, 11) is 1.16. The van der Waals surface area contributed by atoms with Crippen molar-refractivity contribution in [1.29, 1.82) is 0 Å². The third-order valence-electron chi connectivity index (χ3n) is 16.0. The second-order valence-electron chi connectivity index (χ2n) is 22.9. The smallest absolute Gasteiger partial charge is 0.317 e. The van der Waals surface area contributed by atoms with Crippen molar-refractivity contribution >= 4 is 93.8 Å². The molecule has 3 saturated heterocycles. The Hall–Kier alpha value is -7.74. The molecule has 5 N–H and O–H groups in total. The molecule has 6 amide bonds. The molecular formula is C63H85F2IN12O16. The van der Waals surface area contributed by atoms with Crippen LogP contribution in [-0.4, -0.2) is 287 Å². The van der Waals surface area contributed by atoms with Crippen molar-refractivity contribution in [3.63, 3.8) is 0 Å². The number of unbranched alkanes of at least 4 members (excludes halogenated alkanes) is 1. The Morgan fingerprint density at radius 3 is 2.05 bits per heavy atom. The third-order valence-corrected chi connectivity index (χ3v) is 16.8. The van der Waals surface area contributed by atoms with Gasteiger partial charge in [0.15, 0.2) is 0 Å². The molecule has 514 valence electrons. The average molecular weight is 1430 g/mol. The molecule has 3 aliphatic heterocycles. The maximum Gasteiger partial charge on any atom is 0.317 e. The van der Waals surface area contributed by atoms with Crippen LogP contribution in [0.2, 0.25) is 0 Å². The number of ether oxygens (including phenoxy) is 5. The standard InChI is InChI=1S/C63H85F2IN12O16/c1-3-48-37-63(64,65)41-78(48)57(83)38-69-60(87)50-15-17-67-52-14-13-49(35-51(50)52)94-32-5-4-19-72-28-30-77(31-29-72)62(89)54(36-59(86)90-2)71-61(88)53(16-33-91-34-18-68-55(81)8-6-7-46-9-11-47(66)12-10-46)70-56(82)39-73-20-21-74(40-58(84)85)23-25-76(43-93-45-80)27-26-75(24-22-73)42-92-44-79/h1,9-15,17,35,44-45,48,53-54H,4-8,16,18-34,36-43H2,2H3,(H,68,81)(H,69,87)(H,70,82)(H,71,88)(H,84,85)/t48-,53-,54-/m0/s1. The summed E-state index contributed by atoms with van der Waals surface area (Å²) in [6.07, 6.45) is 8.61. The van der Waals surface area contributed by atoms with Crippen LogP contribution in [0.15, 0.2) is 54.7 Å². The van der Waals surface area contributed by atoms with Crippen LogP contribution in [-0.2, 0) is 68.5 Å². The van der Waals surface area contributed by atoms with Gasteiger partial charge in [-0.1, -0.05) is 18.1 Å². The Labute approximate surface area is 558 Å². The number of alkyl halides is 2. The molecule has 0 saturated carbocycles. The number of aliphatic carboxylic acids is 1. The molecule has 0 bridgehead atoms. The molecule has 0 aliphatic carbocycles. The van der Waals surface area contributed by atoms with Crippen LogP contribution in [0.1, 0.15) is 60.9 Å². The van der Waals surface area contributed by atoms with Crippen LogP contribution in [0, 0.1) is 15.9 Å². The lowest BCUT2D eigenvalue weighted by Crippen LogP contribution is -2.58. The number of rotatable bonds is 35. The number of nitrogens with one attached hydrogen (secondary N) is 4. The van der Waals surface area contributed by atoms with Gasteiger partial charge in [0.2, 0.25) is 29.5 Å². The van der Waals surface area contributed by atoms with E-state index in [9.17, 15) is 61.8 Å². The Kier molecular flexibility index (Phi) is 31.9. The van der Waals surface area contributed by atoms with Gasteiger partial charge in [-0.2, -0.15) is 0 Å². The summed E-state index contributed by atoms with van der Waals surface area (Å²) in [6, 6.07) is 10.8. The van der Waals surface area contributed by atoms with Crippen LogP contribution in [0.5, 0.6) is 5.75 Å². The lowest BCUT2D eigenvalue weighted by molar-refractivity contribution is -0.147. The summed E-state index contributed by atoms with van der Waals surface area (Å²) in [4.78, 5) is 145. The Bertz CT molecular complexity index is 3050. The van der Waals surface area contributed by atoms with E-state index in [4.69, 9.17) is 30.1 Å². The number of carboxylic acid groups (broad SMARTS) is 1. The Balaban J connectivity index is 1.03. The fourth-order valence-corrected chi connectivity index (χ4v) is 11.2. The molecule has 94 heavy (non-hydrogen) atoms. The number of aryl methyl sites for hydroxylation is 1. The molecule has 3 aromatic rings. The number of methoxy groups -OCH3 is 1. The highest BCUT2D eigenvalue weighted by Crippen LogP contribution is 2.32. The predicted octanol–water partition coefficient (Wildman–Crippen LogP) is 0.388. The second-order valence-corrected chi connectivity index (χ2v) is 24.1. The zero-order chi connectivity index (χ0) is 67.8. The first-order valence-corrected chi connectivity index (χ1v) is 32.3. The number of aromatic nitrogens is 1. The number of nitrogens with zero attached hydrogens (tertiary/aromatic N) is 8. The van der Waals surface area contributed by atoms with Gasteiger partial charge in [-0.25, -0.2) is 8.78 Å². The minimum atomic E-state index is -3.12. The van der Waals surface area contributed by atoms with E-state index in [1.807, 2.05) is 34.1 Å². The van der Waals surface area contributed by atoms with Crippen molar-refractivity contribution in [1.82, 2.24) is 60.6 Å². The summed E-state index contributed by atoms with van der Waals surface area (Å²) in [5.74, 6) is -5.71. The number of carbonyl (C=O) groups is 10. The molecule has 31 heteroatoms. The Morgan fingerprint density at radius 2 is 1.41 bits per heavy atom. The van der Waals surface area contributed by atoms with Crippen molar-refractivity contribution in [2.75, 3.05) is 158 Å². The van der Waals surface area contributed by atoms with Gasteiger partial charge < -0.3 is 59.9 Å². The number of halogens is 3. The molecule has 0 unspecified atom stereocenters. The summed E-state index contributed by atoms with van der Waals surface area (Å²) >= 11 is 2.23. The van der Waals surface area contributed by atoms with Crippen molar-refractivity contribution in [2.24, 2.45) is 0 Å². The fraction of sp³-hybridized carbons (Fsp3) is 0.571. The molecule has 6 rings (SSSR count). The van der Waals surface area contributed by atoms with Crippen LogP contribution in [0.4, 0.5) is 8.78 Å². The van der Waals surface area contributed by atoms with Crippen LogP contribution in [0.3, 0.4) is 0 Å². The SMILES string of the molecule is C#C[C@H]1CC(F)(F)CN1C(=O)CNC(=O)c1ccnc2ccc(OCCCCN3CCN(C(=O)[C@H](CC(=O)OC)NC(=O)[C@H](CCOCCNC(=O)CCCc4ccc(I)cc4)NC(=O)CN4CCN(COC=O)CCN(COC=O)CCN(CC(=O)O)CC4)CC3)cc12. The van der Waals surface area contributed by atoms with Gasteiger partial charge in [-0.3, -0.25) is 77.4 Å². The minimum Gasteiger partial charge on any atom is -0.494 e. The lowest BCUT2D eigenvalue weighted by atomic mass is 10.1. The largest absolute Gasteiger partial charge is 0.494 e. The van der Waals surface area contributed by atoms with Crippen molar-refractivity contribution < 1.29 is 85.5 Å². The number of carboxylic acids is 1. The van der Waals surface area contributed by atoms with E-state index in [0.29, 0.717) is 101 Å². The van der Waals surface area contributed by atoms with E-state index < -0.39 is 91.5 Å². The van der Waals surface area contributed by atoms with E-state index in [-0.39, 0.29) is 110 Å². The fourth-order valence-electron chi connectivity index (χ4n) is 10.8. The van der Waals surface area contributed by atoms with Gasteiger partial charge in [-0.05, 0) is 103 Å². The molecule has 0 radical (unpaired) electrons. The van der Waals surface area contributed by atoms with E-state index in [2.05, 4.69) is 59.7 Å². The normalized spacial score (nSPS) is 17.6. The molecule has 3 atom stereocenters. The van der Waals surface area contributed by atoms with Gasteiger partial charge in [-0.15, -0.1) is 6.42 Å². The maximum atomic E-state index is 14.4. The second kappa shape index (κ2) is 39.8. The Morgan fingerprint density at radius 1 is 0.766 bits per heavy atom. The zero-order valence-electron chi connectivity index (χ0n) is 52.9. The molecule has 4 heterocycles. The van der Waals surface area contributed by atoms with Gasteiger partial charge in [0, 0.05) is 120 Å². The number of esters is 1. The molecular weight excluding hydrogens is 1350 g/mol. The number of hydrogen-bond donors (Lipinski definition) is 5.